The molecule has 0 spiro atoms. The Kier molecular flexibility index (Phi) is 7.69. The highest BCUT2D eigenvalue weighted by atomic mass is 16.6. The van der Waals surface area contributed by atoms with Crippen molar-refractivity contribution in [2.24, 2.45) is 0 Å². The first-order valence-electron chi connectivity index (χ1n) is 10.1. The van der Waals surface area contributed by atoms with Crippen molar-refractivity contribution in [3.8, 4) is 0 Å². The summed E-state index contributed by atoms with van der Waals surface area (Å²) in [7, 11) is 0. The van der Waals surface area contributed by atoms with Crippen molar-refractivity contribution < 1.29 is 19.2 Å². The second-order valence-electron chi connectivity index (χ2n) is 7.46. The molecular weight excluding hydrogens is 400 g/mol. The molecule has 2 amide bonds. The fourth-order valence-corrected chi connectivity index (χ4v) is 3.39. The maximum atomic E-state index is 12.2. The minimum Gasteiger partial charge on any atom is -0.374 e. The van der Waals surface area contributed by atoms with Crippen LogP contribution in [0.2, 0.25) is 0 Å². The number of nitrogens with one attached hydrogen (secondary N) is 2. The topological polar surface area (TPSA) is 114 Å². The fourth-order valence-electron chi connectivity index (χ4n) is 3.39. The quantitative estimate of drug-likeness (QED) is 0.490. The van der Waals surface area contributed by atoms with Crippen molar-refractivity contribution in [3.63, 3.8) is 0 Å². The molecule has 0 aliphatic carbocycles. The molecule has 31 heavy (non-hydrogen) atoms. The van der Waals surface area contributed by atoms with Crippen LogP contribution < -0.4 is 10.6 Å². The van der Waals surface area contributed by atoms with E-state index in [2.05, 4.69) is 27.7 Å². The first-order chi connectivity index (χ1) is 14.9. The highest BCUT2D eigenvalue weighted by Gasteiger charge is 2.21. The lowest BCUT2D eigenvalue weighted by Crippen LogP contribution is -2.48. The maximum absolute atomic E-state index is 12.2. The van der Waals surface area contributed by atoms with Crippen LogP contribution in [0.5, 0.6) is 0 Å². The van der Waals surface area contributed by atoms with Gasteiger partial charge in [0, 0.05) is 43.4 Å². The molecule has 1 unspecified atom stereocenters. The maximum Gasteiger partial charge on any atom is 0.273 e. The average molecular weight is 426 g/mol. The second-order valence-corrected chi connectivity index (χ2v) is 7.46. The van der Waals surface area contributed by atoms with E-state index in [0.29, 0.717) is 25.3 Å². The summed E-state index contributed by atoms with van der Waals surface area (Å²) in [6.45, 7) is 4.68. The molecule has 2 aromatic rings. The minimum atomic E-state index is -0.541. The molecular formula is C22H26N4O5. The molecule has 0 bridgehead atoms. The van der Waals surface area contributed by atoms with Crippen LogP contribution in [0.25, 0.3) is 0 Å². The molecule has 2 aromatic carbocycles. The van der Waals surface area contributed by atoms with Crippen molar-refractivity contribution >= 4 is 17.5 Å². The van der Waals surface area contributed by atoms with Crippen LogP contribution in [0.4, 0.5) is 5.69 Å². The third-order valence-corrected chi connectivity index (χ3v) is 5.08. The SMILES string of the molecule is Cc1ccc(C(=O)NCC(=O)NCC2CN(Cc3ccccc3)CCO2)cc1[N+](=O)[O-]. The lowest BCUT2D eigenvalue weighted by atomic mass is 10.1. The van der Waals surface area contributed by atoms with E-state index in [1.807, 2.05) is 18.2 Å². The van der Waals surface area contributed by atoms with Gasteiger partial charge >= 0.3 is 0 Å². The average Bonchev–Trinajstić information content (AvgIpc) is 2.77. The summed E-state index contributed by atoms with van der Waals surface area (Å²) in [5.74, 6) is -0.889. The van der Waals surface area contributed by atoms with Gasteiger partial charge in [0.15, 0.2) is 0 Å². The molecule has 9 heteroatoms. The Hall–Kier alpha value is -3.30. The fraction of sp³-hybridized carbons (Fsp3) is 0.364. The standard InChI is InChI=1S/C22H26N4O5/c1-16-7-8-18(11-20(16)26(29)30)22(28)24-13-21(27)23-12-19-15-25(9-10-31-19)14-17-5-3-2-4-6-17/h2-8,11,19H,9-10,12-15H2,1H3,(H,23,27)(H,24,28). The van der Waals surface area contributed by atoms with Crippen LogP contribution in [-0.4, -0.2) is 60.5 Å². The number of carbonyl (C=O) groups is 2. The summed E-state index contributed by atoms with van der Waals surface area (Å²) < 4.78 is 5.73. The molecule has 1 aliphatic rings. The van der Waals surface area contributed by atoms with Gasteiger partial charge in [-0.3, -0.25) is 24.6 Å². The molecule has 3 rings (SSSR count). The Morgan fingerprint density at radius 2 is 1.97 bits per heavy atom. The molecule has 1 fully saturated rings. The highest BCUT2D eigenvalue weighted by Crippen LogP contribution is 2.19. The number of carbonyl (C=O) groups excluding carboxylic acids is 2. The highest BCUT2D eigenvalue weighted by molar-refractivity contribution is 5.97. The molecule has 2 N–H and O–H groups in total. The van der Waals surface area contributed by atoms with E-state index in [0.717, 1.165) is 13.1 Å². The monoisotopic (exact) mass is 426 g/mol. The molecule has 1 atom stereocenters. The molecule has 0 saturated carbocycles. The summed E-state index contributed by atoms with van der Waals surface area (Å²) in [6.07, 6.45) is -0.128. The van der Waals surface area contributed by atoms with E-state index in [1.54, 1.807) is 6.92 Å². The third-order valence-electron chi connectivity index (χ3n) is 5.08. The van der Waals surface area contributed by atoms with Crippen molar-refractivity contribution in [3.05, 3.63) is 75.3 Å². The van der Waals surface area contributed by atoms with Gasteiger partial charge in [0.1, 0.15) is 0 Å². The van der Waals surface area contributed by atoms with Gasteiger partial charge in [0.2, 0.25) is 5.91 Å². The predicted molar refractivity (Wildman–Crippen MR) is 115 cm³/mol. The lowest BCUT2D eigenvalue weighted by Gasteiger charge is -2.33. The largest absolute Gasteiger partial charge is 0.374 e. The Labute approximate surface area is 180 Å². The molecule has 0 aromatic heterocycles. The summed E-state index contributed by atoms with van der Waals surface area (Å²) in [5, 5.41) is 16.3. The third kappa shape index (κ3) is 6.59. The zero-order valence-electron chi connectivity index (χ0n) is 17.4. The first-order valence-corrected chi connectivity index (χ1v) is 10.1. The molecule has 164 valence electrons. The Balaban J connectivity index is 1.42. The Morgan fingerprint density at radius 3 is 2.71 bits per heavy atom. The van der Waals surface area contributed by atoms with E-state index in [9.17, 15) is 19.7 Å². The van der Waals surface area contributed by atoms with E-state index < -0.39 is 10.8 Å². The normalized spacial score (nSPS) is 16.5. The number of rotatable bonds is 8. The second kappa shape index (κ2) is 10.6. The number of ether oxygens (including phenoxy) is 1. The van der Waals surface area contributed by atoms with Crippen LogP contribution in [0.1, 0.15) is 21.5 Å². The zero-order chi connectivity index (χ0) is 22.2. The summed E-state index contributed by atoms with van der Waals surface area (Å²) in [6, 6.07) is 14.4. The summed E-state index contributed by atoms with van der Waals surface area (Å²) >= 11 is 0. The van der Waals surface area contributed by atoms with E-state index >= 15 is 0 Å². The molecule has 9 nitrogen and oxygen atoms in total. The minimum absolute atomic E-state index is 0.128. The number of nitrogens with zero attached hydrogens (tertiary/aromatic N) is 2. The van der Waals surface area contributed by atoms with Gasteiger partial charge in [0.25, 0.3) is 11.6 Å². The van der Waals surface area contributed by atoms with Gasteiger partial charge < -0.3 is 15.4 Å². The van der Waals surface area contributed by atoms with Gasteiger partial charge in [-0.25, -0.2) is 0 Å². The number of nitro benzene ring substituents is 1. The van der Waals surface area contributed by atoms with E-state index in [-0.39, 0.29) is 29.8 Å². The lowest BCUT2D eigenvalue weighted by molar-refractivity contribution is -0.385. The van der Waals surface area contributed by atoms with Crippen LogP contribution in [-0.2, 0) is 16.1 Å². The summed E-state index contributed by atoms with van der Waals surface area (Å²) in [5.41, 5.74) is 1.70. The van der Waals surface area contributed by atoms with Crippen molar-refractivity contribution in [1.82, 2.24) is 15.5 Å². The van der Waals surface area contributed by atoms with Gasteiger partial charge in [0.05, 0.1) is 24.2 Å². The molecule has 1 heterocycles. The van der Waals surface area contributed by atoms with Crippen molar-refractivity contribution in [1.29, 1.82) is 0 Å². The summed E-state index contributed by atoms with van der Waals surface area (Å²) in [4.78, 5) is 37.1. The van der Waals surface area contributed by atoms with Crippen LogP contribution in [0, 0.1) is 17.0 Å². The predicted octanol–water partition coefficient (Wildman–Crippen LogP) is 1.65. The van der Waals surface area contributed by atoms with E-state index in [1.165, 1.54) is 23.8 Å². The number of hydrogen-bond donors (Lipinski definition) is 2. The number of amides is 2. The van der Waals surface area contributed by atoms with Gasteiger partial charge in [-0.15, -0.1) is 0 Å². The number of benzene rings is 2. The molecule has 1 aliphatic heterocycles. The smallest absolute Gasteiger partial charge is 0.273 e. The van der Waals surface area contributed by atoms with Gasteiger partial charge in [-0.05, 0) is 18.6 Å². The van der Waals surface area contributed by atoms with Crippen LogP contribution >= 0.6 is 0 Å². The van der Waals surface area contributed by atoms with Crippen LogP contribution in [0.15, 0.2) is 48.5 Å². The number of nitro groups is 1. The van der Waals surface area contributed by atoms with Crippen molar-refractivity contribution in [2.45, 2.75) is 19.6 Å². The Morgan fingerprint density at radius 1 is 1.19 bits per heavy atom. The first kappa shape index (κ1) is 22.4. The van der Waals surface area contributed by atoms with Crippen molar-refractivity contribution in [2.75, 3.05) is 32.8 Å². The number of morpholine rings is 1. The van der Waals surface area contributed by atoms with Gasteiger partial charge in [-0.1, -0.05) is 36.4 Å². The van der Waals surface area contributed by atoms with Gasteiger partial charge in [-0.2, -0.15) is 0 Å². The molecule has 0 radical (unpaired) electrons. The molecule has 1 saturated heterocycles. The van der Waals surface area contributed by atoms with E-state index in [4.69, 9.17) is 4.74 Å². The zero-order valence-corrected chi connectivity index (χ0v) is 17.4. The number of aryl methyl sites for hydroxylation is 1. The Bertz CT molecular complexity index is 935. The van der Waals surface area contributed by atoms with Crippen LogP contribution in [0.3, 0.4) is 0 Å². The number of hydrogen-bond acceptors (Lipinski definition) is 6.